The molecule has 0 aromatic heterocycles. The van der Waals surface area contributed by atoms with Crippen molar-refractivity contribution in [3.05, 3.63) is 29.8 Å². The van der Waals surface area contributed by atoms with Gasteiger partial charge >= 0.3 is 6.03 Å². The van der Waals surface area contributed by atoms with E-state index in [9.17, 15) is 14.4 Å². The molecule has 1 aliphatic carbocycles. The number of nitrogens with two attached hydrogens (primary N) is 1. The van der Waals surface area contributed by atoms with Gasteiger partial charge in [-0.2, -0.15) is 0 Å². The van der Waals surface area contributed by atoms with Crippen LogP contribution in [0.25, 0.3) is 0 Å². The molecule has 1 atom stereocenters. The third kappa shape index (κ3) is 5.69. The average Bonchev–Trinajstić information content (AvgIpc) is 3.20. The first-order chi connectivity index (χ1) is 13.5. The van der Waals surface area contributed by atoms with Crippen molar-refractivity contribution in [1.29, 1.82) is 0 Å². The van der Waals surface area contributed by atoms with Crippen LogP contribution in [0.3, 0.4) is 0 Å². The molecule has 2 fully saturated rings. The van der Waals surface area contributed by atoms with Crippen LogP contribution in [0, 0.1) is 5.92 Å². The van der Waals surface area contributed by atoms with Gasteiger partial charge < -0.3 is 20.5 Å². The molecule has 1 aromatic carbocycles. The monoisotopic (exact) mass is 389 g/mol. The number of primary amides is 1. The summed E-state index contributed by atoms with van der Waals surface area (Å²) in [5.41, 5.74) is 5.52. The van der Waals surface area contributed by atoms with Crippen molar-refractivity contribution in [2.75, 3.05) is 13.2 Å². The Hall–Kier alpha value is -2.61. The maximum atomic E-state index is 12.6. The van der Waals surface area contributed by atoms with E-state index in [0.717, 1.165) is 19.4 Å². The number of nitrogens with one attached hydrogen (secondary N) is 2. The van der Waals surface area contributed by atoms with E-state index in [1.807, 2.05) is 6.07 Å². The molecule has 1 saturated carbocycles. The van der Waals surface area contributed by atoms with Crippen LogP contribution in [-0.4, -0.2) is 43.2 Å². The molecule has 2 aliphatic rings. The minimum absolute atomic E-state index is 0.00147. The van der Waals surface area contributed by atoms with Crippen LogP contribution in [0.5, 0.6) is 5.75 Å². The first-order valence-corrected chi connectivity index (χ1v) is 9.77. The molecule has 1 aromatic rings. The lowest BCUT2D eigenvalue weighted by molar-refractivity contribution is -0.124. The number of urea groups is 1. The molecule has 8 heteroatoms. The predicted octanol–water partition coefficient (Wildman–Crippen LogP) is 1.73. The van der Waals surface area contributed by atoms with Crippen LogP contribution in [0.15, 0.2) is 24.3 Å². The summed E-state index contributed by atoms with van der Waals surface area (Å²) >= 11 is 0. The van der Waals surface area contributed by atoms with Gasteiger partial charge in [0.2, 0.25) is 5.91 Å². The van der Waals surface area contributed by atoms with Crippen molar-refractivity contribution in [2.45, 2.75) is 50.7 Å². The number of rotatable bonds is 6. The Morgan fingerprint density at radius 2 is 1.93 bits per heavy atom. The second-order valence-electron chi connectivity index (χ2n) is 7.35. The predicted molar refractivity (Wildman–Crippen MR) is 102 cm³/mol. The summed E-state index contributed by atoms with van der Waals surface area (Å²) in [5, 5.41) is 5.14. The average molecular weight is 389 g/mol. The highest BCUT2D eigenvalue weighted by atomic mass is 16.5. The van der Waals surface area contributed by atoms with E-state index in [1.54, 1.807) is 18.2 Å². The van der Waals surface area contributed by atoms with Crippen LogP contribution >= 0.6 is 0 Å². The quantitative estimate of drug-likeness (QED) is 0.684. The fourth-order valence-electron chi connectivity index (χ4n) is 3.68. The van der Waals surface area contributed by atoms with E-state index in [0.29, 0.717) is 43.6 Å². The van der Waals surface area contributed by atoms with Crippen LogP contribution < -0.4 is 21.1 Å². The lowest BCUT2D eigenvalue weighted by atomic mass is 9.85. The van der Waals surface area contributed by atoms with E-state index >= 15 is 0 Å². The number of carbonyl (C=O) groups is 3. The Labute approximate surface area is 164 Å². The van der Waals surface area contributed by atoms with E-state index < -0.39 is 6.03 Å². The summed E-state index contributed by atoms with van der Waals surface area (Å²) in [6, 6.07) is 6.28. The standard InChI is InChI=1S/C20H27N3O5/c21-20(26)23-18(24)13-6-8-15(9-7-13)22-19(25)14-3-1-4-16(11-14)28-12-17-5-2-10-27-17/h1,3-4,11,13,15,17H,2,5-10,12H2,(H,22,25)(H3,21,23,24,26). The third-order valence-electron chi connectivity index (χ3n) is 5.24. The molecule has 0 spiro atoms. The summed E-state index contributed by atoms with van der Waals surface area (Å²) < 4.78 is 11.3. The molecular formula is C20H27N3O5. The molecule has 4 N–H and O–H groups in total. The highest BCUT2D eigenvalue weighted by Crippen LogP contribution is 2.25. The molecule has 3 rings (SSSR count). The zero-order valence-electron chi connectivity index (χ0n) is 15.8. The minimum atomic E-state index is -0.831. The van der Waals surface area contributed by atoms with Gasteiger partial charge in [-0.05, 0) is 56.7 Å². The minimum Gasteiger partial charge on any atom is -0.491 e. The smallest absolute Gasteiger partial charge is 0.318 e. The van der Waals surface area contributed by atoms with E-state index in [2.05, 4.69) is 10.6 Å². The van der Waals surface area contributed by atoms with Crippen molar-refractivity contribution >= 4 is 17.8 Å². The fraction of sp³-hybridized carbons (Fsp3) is 0.550. The Balaban J connectivity index is 1.46. The lowest BCUT2D eigenvalue weighted by Gasteiger charge is -2.28. The van der Waals surface area contributed by atoms with Crippen molar-refractivity contribution in [3.8, 4) is 5.75 Å². The largest absolute Gasteiger partial charge is 0.491 e. The lowest BCUT2D eigenvalue weighted by Crippen LogP contribution is -2.43. The zero-order valence-corrected chi connectivity index (χ0v) is 15.8. The summed E-state index contributed by atoms with van der Waals surface area (Å²) in [5.74, 6) is -0.0915. The van der Waals surface area contributed by atoms with E-state index in [4.69, 9.17) is 15.2 Å². The van der Waals surface area contributed by atoms with Gasteiger partial charge in [0, 0.05) is 24.1 Å². The van der Waals surface area contributed by atoms with Gasteiger partial charge in [-0.15, -0.1) is 0 Å². The van der Waals surface area contributed by atoms with Gasteiger partial charge in [-0.1, -0.05) is 6.07 Å². The number of amides is 4. The van der Waals surface area contributed by atoms with Crippen molar-refractivity contribution in [3.63, 3.8) is 0 Å². The summed E-state index contributed by atoms with van der Waals surface area (Å²) in [6.45, 7) is 1.27. The van der Waals surface area contributed by atoms with Gasteiger partial charge in [0.1, 0.15) is 12.4 Å². The molecule has 8 nitrogen and oxygen atoms in total. The molecule has 152 valence electrons. The van der Waals surface area contributed by atoms with Gasteiger partial charge in [0.15, 0.2) is 0 Å². The Kier molecular flexibility index (Phi) is 6.86. The molecule has 1 saturated heterocycles. The van der Waals surface area contributed by atoms with Gasteiger partial charge in [-0.25, -0.2) is 4.79 Å². The van der Waals surface area contributed by atoms with Crippen LogP contribution in [0.2, 0.25) is 0 Å². The summed E-state index contributed by atoms with van der Waals surface area (Å²) in [6.07, 6.45) is 4.75. The highest BCUT2D eigenvalue weighted by Gasteiger charge is 2.28. The molecule has 1 heterocycles. The fourth-order valence-corrected chi connectivity index (χ4v) is 3.68. The van der Waals surface area contributed by atoms with Crippen LogP contribution in [0.4, 0.5) is 4.79 Å². The number of carbonyl (C=O) groups excluding carboxylic acids is 3. The third-order valence-corrected chi connectivity index (χ3v) is 5.24. The van der Waals surface area contributed by atoms with E-state index in [1.165, 1.54) is 0 Å². The van der Waals surface area contributed by atoms with Crippen LogP contribution in [0.1, 0.15) is 48.9 Å². The molecule has 0 radical (unpaired) electrons. The van der Waals surface area contributed by atoms with Crippen molar-refractivity contribution in [1.82, 2.24) is 10.6 Å². The van der Waals surface area contributed by atoms with Crippen LogP contribution in [-0.2, 0) is 9.53 Å². The number of hydrogen-bond donors (Lipinski definition) is 3. The number of ether oxygens (including phenoxy) is 2. The number of benzene rings is 1. The second kappa shape index (κ2) is 9.54. The molecule has 28 heavy (non-hydrogen) atoms. The molecular weight excluding hydrogens is 362 g/mol. The van der Waals surface area contributed by atoms with Gasteiger partial charge in [-0.3, -0.25) is 14.9 Å². The Morgan fingerprint density at radius 1 is 1.14 bits per heavy atom. The van der Waals surface area contributed by atoms with Gasteiger partial charge in [0.05, 0.1) is 6.10 Å². The van der Waals surface area contributed by atoms with Gasteiger partial charge in [0.25, 0.3) is 5.91 Å². The first kappa shape index (κ1) is 20.1. The summed E-state index contributed by atoms with van der Waals surface area (Å²) in [7, 11) is 0. The SMILES string of the molecule is NC(=O)NC(=O)C1CCC(NC(=O)c2cccc(OCC3CCCO3)c2)CC1. The summed E-state index contributed by atoms with van der Waals surface area (Å²) in [4.78, 5) is 35.2. The molecule has 0 bridgehead atoms. The Bertz CT molecular complexity index is 710. The maximum Gasteiger partial charge on any atom is 0.318 e. The topological polar surface area (TPSA) is 120 Å². The molecule has 4 amide bonds. The number of imide groups is 1. The molecule has 1 aliphatic heterocycles. The maximum absolute atomic E-state index is 12.6. The van der Waals surface area contributed by atoms with Crippen molar-refractivity contribution in [2.24, 2.45) is 11.7 Å². The number of hydrogen-bond acceptors (Lipinski definition) is 5. The van der Waals surface area contributed by atoms with Crippen molar-refractivity contribution < 1.29 is 23.9 Å². The second-order valence-corrected chi connectivity index (χ2v) is 7.35. The Morgan fingerprint density at radius 3 is 2.61 bits per heavy atom. The first-order valence-electron chi connectivity index (χ1n) is 9.77. The zero-order chi connectivity index (χ0) is 19.9. The molecule has 1 unspecified atom stereocenters. The highest BCUT2D eigenvalue weighted by molar-refractivity contribution is 5.95. The van der Waals surface area contributed by atoms with E-state index in [-0.39, 0.29) is 29.9 Å². The normalized spacial score (nSPS) is 24.4.